The van der Waals surface area contributed by atoms with Gasteiger partial charge in [-0.05, 0) is 37.1 Å². The fourth-order valence-corrected chi connectivity index (χ4v) is 2.13. The highest BCUT2D eigenvalue weighted by molar-refractivity contribution is 5.74. The van der Waals surface area contributed by atoms with Gasteiger partial charge in [-0.2, -0.15) is 0 Å². The van der Waals surface area contributed by atoms with E-state index in [0.29, 0.717) is 11.4 Å². The van der Waals surface area contributed by atoms with Gasteiger partial charge in [0.2, 0.25) is 0 Å². The Bertz CT molecular complexity index is 642. The van der Waals surface area contributed by atoms with Crippen molar-refractivity contribution in [2.24, 2.45) is 0 Å². The average Bonchev–Trinajstić information content (AvgIpc) is 2.52. The van der Waals surface area contributed by atoms with Crippen LogP contribution in [0.5, 0.6) is 5.75 Å². The van der Waals surface area contributed by atoms with Crippen molar-refractivity contribution in [3.63, 3.8) is 0 Å². The van der Waals surface area contributed by atoms with Gasteiger partial charge in [0, 0.05) is 0 Å². The van der Waals surface area contributed by atoms with E-state index in [-0.39, 0.29) is 6.04 Å². The fraction of sp³-hybridized carbons (Fsp3) is 0.235. The lowest BCUT2D eigenvalue weighted by Gasteiger charge is -2.26. The second-order valence-electron chi connectivity index (χ2n) is 5.14. The standard InChI is InChI=1S/C17H20N2O3/c1-12(2)19(17(20)21)18-15-11-14(9-10-16(15)22-3)13-7-5-4-6-8-13/h4-12,18H,1-3H3,(H,20,21). The maximum absolute atomic E-state index is 11.3. The van der Waals surface area contributed by atoms with Gasteiger partial charge in [-0.25, -0.2) is 9.80 Å². The zero-order valence-electron chi connectivity index (χ0n) is 12.9. The average molecular weight is 300 g/mol. The highest BCUT2D eigenvalue weighted by Crippen LogP contribution is 2.31. The normalized spacial score (nSPS) is 10.4. The van der Waals surface area contributed by atoms with Crippen molar-refractivity contribution in [2.75, 3.05) is 12.5 Å². The molecule has 0 saturated heterocycles. The summed E-state index contributed by atoms with van der Waals surface area (Å²) in [6.07, 6.45) is -1.04. The largest absolute Gasteiger partial charge is 0.495 e. The maximum Gasteiger partial charge on any atom is 0.426 e. The summed E-state index contributed by atoms with van der Waals surface area (Å²) in [5.74, 6) is 0.589. The summed E-state index contributed by atoms with van der Waals surface area (Å²) in [4.78, 5) is 11.3. The van der Waals surface area contributed by atoms with E-state index in [1.54, 1.807) is 21.0 Å². The van der Waals surface area contributed by atoms with Gasteiger partial charge in [-0.3, -0.25) is 5.43 Å². The van der Waals surface area contributed by atoms with Gasteiger partial charge in [0.25, 0.3) is 0 Å². The molecule has 5 nitrogen and oxygen atoms in total. The monoisotopic (exact) mass is 300 g/mol. The third-order valence-corrected chi connectivity index (χ3v) is 3.27. The first-order valence-corrected chi connectivity index (χ1v) is 7.05. The molecular weight excluding hydrogens is 280 g/mol. The van der Waals surface area contributed by atoms with Crippen LogP contribution >= 0.6 is 0 Å². The number of anilines is 1. The van der Waals surface area contributed by atoms with Crippen LogP contribution in [0.4, 0.5) is 10.5 Å². The smallest absolute Gasteiger partial charge is 0.426 e. The van der Waals surface area contributed by atoms with Crippen molar-refractivity contribution in [3.8, 4) is 16.9 Å². The third-order valence-electron chi connectivity index (χ3n) is 3.27. The van der Waals surface area contributed by atoms with E-state index >= 15 is 0 Å². The summed E-state index contributed by atoms with van der Waals surface area (Å²) < 4.78 is 5.31. The molecule has 22 heavy (non-hydrogen) atoms. The molecule has 0 aliphatic carbocycles. The number of nitrogens with zero attached hydrogens (tertiary/aromatic N) is 1. The van der Waals surface area contributed by atoms with Crippen LogP contribution in [0.2, 0.25) is 0 Å². The van der Waals surface area contributed by atoms with Crippen LogP contribution in [-0.2, 0) is 0 Å². The Morgan fingerprint density at radius 3 is 2.36 bits per heavy atom. The van der Waals surface area contributed by atoms with Crippen LogP contribution in [-0.4, -0.2) is 29.4 Å². The first kappa shape index (κ1) is 15.7. The number of methoxy groups -OCH3 is 1. The summed E-state index contributed by atoms with van der Waals surface area (Å²) in [5, 5.41) is 10.4. The molecule has 2 aromatic rings. The van der Waals surface area contributed by atoms with E-state index in [9.17, 15) is 9.90 Å². The van der Waals surface area contributed by atoms with Crippen molar-refractivity contribution in [1.29, 1.82) is 0 Å². The summed E-state index contributed by atoms with van der Waals surface area (Å²) in [7, 11) is 1.56. The molecule has 5 heteroatoms. The summed E-state index contributed by atoms with van der Waals surface area (Å²) in [6, 6.07) is 15.3. The minimum absolute atomic E-state index is 0.206. The molecule has 0 bridgehead atoms. The van der Waals surface area contributed by atoms with Gasteiger partial charge >= 0.3 is 6.09 Å². The van der Waals surface area contributed by atoms with Crippen LogP contribution in [0, 0.1) is 0 Å². The Morgan fingerprint density at radius 2 is 1.82 bits per heavy atom. The maximum atomic E-state index is 11.3. The number of hydrogen-bond acceptors (Lipinski definition) is 3. The third kappa shape index (κ3) is 3.49. The van der Waals surface area contributed by atoms with Crippen molar-refractivity contribution in [2.45, 2.75) is 19.9 Å². The van der Waals surface area contributed by atoms with Crippen molar-refractivity contribution in [3.05, 3.63) is 48.5 Å². The number of carbonyl (C=O) groups is 1. The fourth-order valence-electron chi connectivity index (χ4n) is 2.13. The van der Waals surface area contributed by atoms with Crippen LogP contribution in [0.25, 0.3) is 11.1 Å². The van der Waals surface area contributed by atoms with E-state index < -0.39 is 6.09 Å². The second-order valence-corrected chi connectivity index (χ2v) is 5.14. The molecule has 0 radical (unpaired) electrons. The zero-order valence-corrected chi connectivity index (χ0v) is 12.9. The Hall–Kier alpha value is -2.69. The molecule has 0 aromatic heterocycles. The van der Waals surface area contributed by atoms with Crippen LogP contribution in [0.15, 0.2) is 48.5 Å². The van der Waals surface area contributed by atoms with E-state index in [0.717, 1.165) is 16.1 Å². The lowest BCUT2D eigenvalue weighted by Crippen LogP contribution is -2.40. The van der Waals surface area contributed by atoms with Gasteiger partial charge in [0.15, 0.2) is 0 Å². The predicted octanol–water partition coefficient (Wildman–Crippen LogP) is 4.08. The first-order valence-electron chi connectivity index (χ1n) is 7.05. The Balaban J connectivity index is 2.38. The number of amides is 1. The highest BCUT2D eigenvalue weighted by Gasteiger charge is 2.17. The summed E-state index contributed by atoms with van der Waals surface area (Å²) in [6.45, 7) is 3.60. The molecule has 0 spiro atoms. The molecule has 0 heterocycles. The predicted molar refractivity (Wildman–Crippen MR) is 87.1 cm³/mol. The van der Waals surface area contributed by atoms with Gasteiger partial charge < -0.3 is 9.84 Å². The highest BCUT2D eigenvalue weighted by atomic mass is 16.5. The molecule has 0 aliphatic heterocycles. The first-order chi connectivity index (χ1) is 10.5. The van der Waals surface area contributed by atoms with E-state index in [1.807, 2.05) is 48.5 Å². The molecule has 2 N–H and O–H groups in total. The molecule has 0 aliphatic rings. The topological polar surface area (TPSA) is 61.8 Å². The Labute approximate surface area is 130 Å². The molecule has 2 aromatic carbocycles. The molecule has 1 amide bonds. The number of hydrogen-bond donors (Lipinski definition) is 2. The van der Waals surface area contributed by atoms with Gasteiger partial charge in [0.05, 0.1) is 18.8 Å². The zero-order chi connectivity index (χ0) is 16.1. The lowest BCUT2D eigenvalue weighted by molar-refractivity contribution is 0.144. The Morgan fingerprint density at radius 1 is 1.14 bits per heavy atom. The molecular formula is C17H20N2O3. The lowest BCUT2D eigenvalue weighted by atomic mass is 10.0. The second kappa shape index (κ2) is 6.85. The number of nitrogens with one attached hydrogen (secondary N) is 1. The number of rotatable bonds is 5. The number of benzene rings is 2. The van der Waals surface area contributed by atoms with Crippen LogP contribution in [0.1, 0.15) is 13.8 Å². The Kier molecular flexibility index (Phi) is 4.88. The number of carboxylic acid groups (broad SMARTS) is 1. The molecule has 0 saturated carbocycles. The minimum Gasteiger partial charge on any atom is -0.495 e. The van der Waals surface area contributed by atoms with Crippen molar-refractivity contribution >= 4 is 11.8 Å². The van der Waals surface area contributed by atoms with Gasteiger partial charge in [-0.1, -0.05) is 36.4 Å². The van der Waals surface area contributed by atoms with E-state index in [4.69, 9.17) is 4.74 Å². The van der Waals surface area contributed by atoms with Crippen molar-refractivity contribution < 1.29 is 14.6 Å². The molecule has 0 fully saturated rings. The van der Waals surface area contributed by atoms with E-state index in [1.165, 1.54) is 0 Å². The van der Waals surface area contributed by atoms with Crippen LogP contribution < -0.4 is 10.2 Å². The van der Waals surface area contributed by atoms with Crippen molar-refractivity contribution in [1.82, 2.24) is 5.01 Å². The van der Waals surface area contributed by atoms with Gasteiger partial charge in [-0.15, -0.1) is 0 Å². The molecule has 116 valence electrons. The number of hydrazine groups is 1. The van der Waals surface area contributed by atoms with Crippen LogP contribution in [0.3, 0.4) is 0 Å². The molecule has 2 rings (SSSR count). The number of ether oxygens (including phenoxy) is 1. The molecule has 0 unspecified atom stereocenters. The quantitative estimate of drug-likeness (QED) is 0.817. The minimum atomic E-state index is -1.04. The molecule has 0 atom stereocenters. The SMILES string of the molecule is COc1ccc(-c2ccccc2)cc1NN(C(=O)O)C(C)C. The van der Waals surface area contributed by atoms with Gasteiger partial charge in [0.1, 0.15) is 5.75 Å². The van der Waals surface area contributed by atoms with E-state index in [2.05, 4.69) is 5.43 Å². The summed E-state index contributed by atoms with van der Waals surface area (Å²) in [5.41, 5.74) is 5.57. The summed E-state index contributed by atoms with van der Waals surface area (Å²) >= 11 is 0.